The molecular weight excluding hydrogens is 330 g/mol. The van der Waals surface area contributed by atoms with Crippen molar-refractivity contribution in [1.29, 1.82) is 0 Å². The van der Waals surface area contributed by atoms with E-state index in [1.54, 1.807) is 26.4 Å². The minimum Gasteiger partial charge on any atom is -0.493 e. The van der Waals surface area contributed by atoms with Crippen LogP contribution < -0.4 is 14.8 Å². The Hall–Kier alpha value is -2.73. The first kappa shape index (κ1) is 18.1. The van der Waals surface area contributed by atoms with E-state index in [0.717, 1.165) is 19.6 Å². The number of nitrogens with zero attached hydrogens (tertiary/aromatic N) is 2. The van der Waals surface area contributed by atoms with Crippen LogP contribution in [0.5, 0.6) is 11.5 Å². The van der Waals surface area contributed by atoms with Crippen molar-refractivity contribution in [2.45, 2.75) is 6.54 Å². The summed E-state index contributed by atoms with van der Waals surface area (Å²) in [4.78, 5) is 16.7. The molecule has 0 atom stereocenters. The molecule has 0 aliphatic carbocycles. The number of carbonyl (C=O) groups excluding carboxylic acids is 1. The third-order valence-corrected chi connectivity index (χ3v) is 4.54. The van der Waals surface area contributed by atoms with Crippen LogP contribution in [-0.4, -0.2) is 56.2 Å². The molecule has 26 heavy (non-hydrogen) atoms. The number of anilines is 1. The fraction of sp³-hybridized carbons (Fsp3) is 0.350. The van der Waals surface area contributed by atoms with Crippen molar-refractivity contribution in [2.75, 3.05) is 45.7 Å². The van der Waals surface area contributed by atoms with Gasteiger partial charge >= 0.3 is 6.03 Å². The lowest BCUT2D eigenvalue weighted by molar-refractivity contribution is 0.143. The molecule has 3 rings (SSSR count). The number of methoxy groups -OCH3 is 2. The Labute approximate surface area is 154 Å². The van der Waals surface area contributed by atoms with Gasteiger partial charge in [0.25, 0.3) is 0 Å². The van der Waals surface area contributed by atoms with Gasteiger partial charge in [-0.1, -0.05) is 30.3 Å². The Balaban J connectivity index is 1.52. The highest BCUT2D eigenvalue weighted by molar-refractivity contribution is 5.89. The van der Waals surface area contributed by atoms with Crippen LogP contribution in [0.25, 0.3) is 0 Å². The van der Waals surface area contributed by atoms with Crippen LogP contribution in [0, 0.1) is 0 Å². The fourth-order valence-corrected chi connectivity index (χ4v) is 3.07. The first-order valence-corrected chi connectivity index (χ1v) is 8.74. The molecule has 2 aromatic carbocycles. The van der Waals surface area contributed by atoms with Gasteiger partial charge in [0.15, 0.2) is 11.5 Å². The molecule has 0 radical (unpaired) electrons. The molecule has 6 nitrogen and oxygen atoms in total. The van der Waals surface area contributed by atoms with Gasteiger partial charge < -0.3 is 19.7 Å². The van der Waals surface area contributed by atoms with E-state index in [9.17, 15) is 4.79 Å². The average molecular weight is 355 g/mol. The van der Waals surface area contributed by atoms with Gasteiger partial charge in [-0.15, -0.1) is 0 Å². The van der Waals surface area contributed by atoms with Gasteiger partial charge in [0, 0.05) is 44.5 Å². The molecule has 0 spiro atoms. The van der Waals surface area contributed by atoms with Crippen LogP contribution in [0.1, 0.15) is 5.56 Å². The van der Waals surface area contributed by atoms with Crippen LogP contribution in [0.15, 0.2) is 48.5 Å². The quantitative estimate of drug-likeness (QED) is 0.896. The number of hydrogen-bond acceptors (Lipinski definition) is 4. The highest BCUT2D eigenvalue weighted by Gasteiger charge is 2.21. The second-order valence-corrected chi connectivity index (χ2v) is 6.25. The van der Waals surface area contributed by atoms with Gasteiger partial charge in [-0.05, 0) is 17.7 Å². The molecule has 138 valence electrons. The van der Waals surface area contributed by atoms with E-state index in [-0.39, 0.29) is 6.03 Å². The second-order valence-electron chi connectivity index (χ2n) is 6.25. The molecule has 0 aromatic heterocycles. The molecule has 0 saturated carbocycles. The fourth-order valence-electron chi connectivity index (χ4n) is 3.07. The van der Waals surface area contributed by atoms with Crippen LogP contribution >= 0.6 is 0 Å². The maximum absolute atomic E-state index is 12.5. The molecular formula is C20H25N3O3. The number of hydrogen-bond donors (Lipinski definition) is 1. The normalized spacial score (nSPS) is 14.8. The van der Waals surface area contributed by atoms with Crippen LogP contribution in [0.3, 0.4) is 0 Å². The first-order chi connectivity index (χ1) is 12.7. The molecule has 0 bridgehead atoms. The molecule has 1 heterocycles. The SMILES string of the molecule is COc1ccc(NC(=O)N2CCN(Cc3ccccc3)CC2)cc1OC. The van der Waals surface area contributed by atoms with Gasteiger partial charge in [0.2, 0.25) is 0 Å². The number of ether oxygens (including phenoxy) is 2. The van der Waals surface area contributed by atoms with Crippen molar-refractivity contribution >= 4 is 11.7 Å². The number of piperazine rings is 1. The second kappa shape index (κ2) is 8.58. The predicted molar refractivity (Wildman–Crippen MR) is 102 cm³/mol. The Morgan fingerprint density at radius 2 is 1.65 bits per heavy atom. The van der Waals surface area contributed by atoms with Crippen LogP contribution in [0.2, 0.25) is 0 Å². The average Bonchev–Trinajstić information content (AvgIpc) is 2.69. The molecule has 1 aliphatic heterocycles. The van der Waals surface area contributed by atoms with Crippen molar-refractivity contribution < 1.29 is 14.3 Å². The number of carbonyl (C=O) groups is 1. The van der Waals surface area contributed by atoms with E-state index in [1.165, 1.54) is 5.56 Å². The largest absolute Gasteiger partial charge is 0.493 e. The van der Waals surface area contributed by atoms with Gasteiger partial charge in [0.05, 0.1) is 14.2 Å². The van der Waals surface area contributed by atoms with E-state index in [1.807, 2.05) is 17.0 Å². The van der Waals surface area contributed by atoms with Crippen molar-refractivity contribution in [1.82, 2.24) is 9.80 Å². The van der Waals surface area contributed by atoms with Crippen LogP contribution in [-0.2, 0) is 6.54 Å². The van der Waals surface area contributed by atoms with Gasteiger partial charge in [-0.3, -0.25) is 4.90 Å². The molecule has 6 heteroatoms. The van der Waals surface area contributed by atoms with Gasteiger partial charge in [0.1, 0.15) is 0 Å². The summed E-state index contributed by atoms with van der Waals surface area (Å²) in [6.45, 7) is 4.09. The summed E-state index contributed by atoms with van der Waals surface area (Å²) in [5, 5.41) is 2.94. The van der Waals surface area contributed by atoms with E-state index in [0.29, 0.717) is 30.3 Å². The molecule has 2 aromatic rings. The third-order valence-electron chi connectivity index (χ3n) is 4.54. The Morgan fingerprint density at radius 3 is 2.31 bits per heavy atom. The van der Waals surface area contributed by atoms with Gasteiger partial charge in [-0.2, -0.15) is 0 Å². The third kappa shape index (κ3) is 4.46. The number of rotatable bonds is 5. The van der Waals surface area contributed by atoms with Crippen molar-refractivity contribution in [3.8, 4) is 11.5 Å². The van der Waals surface area contributed by atoms with E-state index in [2.05, 4.69) is 34.5 Å². The number of benzene rings is 2. The van der Waals surface area contributed by atoms with Crippen molar-refractivity contribution in [3.63, 3.8) is 0 Å². The Morgan fingerprint density at radius 1 is 0.962 bits per heavy atom. The number of nitrogens with one attached hydrogen (secondary N) is 1. The zero-order valence-corrected chi connectivity index (χ0v) is 15.3. The number of urea groups is 1. The van der Waals surface area contributed by atoms with E-state index in [4.69, 9.17) is 9.47 Å². The highest BCUT2D eigenvalue weighted by atomic mass is 16.5. The highest BCUT2D eigenvalue weighted by Crippen LogP contribution is 2.29. The smallest absolute Gasteiger partial charge is 0.321 e. The van der Waals surface area contributed by atoms with Crippen molar-refractivity contribution in [2.24, 2.45) is 0 Å². The maximum Gasteiger partial charge on any atom is 0.321 e. The molecule has 1 fully saturated rings. The first-order valence-electron chi connectivity index (χ1n) is 8.74. The van der Waals surface area contributed by atoms with Gasteiger partial charge in [-0.25, -0.2) is 4.79 Å². The Kier molecular flexibility index (Phi) is 5.96. The molecule has 1 N–H and O–H groups in total. The Bertz CT molecular complexity index is 728. The summed E-state index contributed by atoms with van der Waals surface area (Å²) >= 11 is 0. The van der Waals surface area contributed by atoms with Crippen molar-refractivity contribution in [3.05, 3.63) is 54.1 Å². The maximum atomic E-state index is 12.5. The summed E-state index contributed by atoms with van der Waals surface area (Å²) in [5.41, 5.74) is 2.00. The summed E-state index contributed by atoms with van der Waals surface area (Å²) < 4.78 is 10.5. The zero-order valence-electron chi connectivity index (χ0n) is 15.3. The number of amides is 2. The monoisotopic (exact) mass is 355 g/mol. The molecule has 2 amide bonds. The summed E-state index contributed by atoms with van der Waals surface area (Å²) in [5.74, 6) is 1.23. The lowest BCUT2D eigenvalue weighted by atomic mass is 10.2. The summed E-state index contributed by atoms with van der Waals surface area (Å²) in [6.07, 6.45) is 0. The summed E-state index contributed by atoms with van der Waals surface area (Å²) in [7, 11) is 3.17. The van der Waals surface area contributed by atoms with E-state index < -0.39 is 0 Å². The molecule has 1 aliphatic rings. The van der Waals surface area contributed by atoms with Crippen LogP contribution in [0.4, 0.5) is 10.5 Å². The molecule has 0 unspecified atom stereocenters. The van der Waals surface area contributed by atoms with E-state index >= 15 is 0 Å². The minimum absolute atomic E-state index is 0.0865. The lowest BCUT2D eigenvalue weighted by Gasteiger charge is -2.34. The summed E-state index contributed by atoms with van der Waals surface area (Å²) in [6, 6.07) is 15.7. The molecule has 1 saturated heterocycles. The minimum atomic E-state index is -0.0865. The standard InChI is InChI=1S/C20H25N3O3/c1-25-18-9-8-17(14-19(18)26-2)21-20(24)23-12-10-22(11-13-23)15-16-6-4-3-5-7-16/h3-9,14H,10-13,15H2,1-2H3,(H,21,24). The zero-order chi connectivity index (χ0) is 18.4. The topological polar surface area (TPSA) is 54.0 Å². The lowest BCUT2D eigenvalue weighted by Crippen LogP contribution is -2.49. The predicted octanol–water partition coefficient (Wildman–Crippen LogP) is 3.05.